The molecule has 0 aliphatic carbocycles. The van der Waals surface area contributed by atoms with Crippen LogP contribution in [0.5, 0.6) is 0 Å². The fourth-order valence-corrected chi connectivity index (χ4v) is 3.51. The third-order valence-corrected chi connectivity index (χ3v) is 4.70. The van der Waals surface area contributed by atoms with Gasteiger partial charge in [-0.15, -0.1) is 0 Å². The molecule has 0 unspecified atom stereocenters. The highest BCUT2D eigenvalue weighted by Crippen LogP contribution is 2.33. The van der Waals surface area contributed by atoms with Crippen LogP contribution in [-0.4, -0.2) is 35.1 Å². The van der Waals surface area contributed by atoms with Crippen LogP contribution in [-0.2, 0) is 6.54 Å². The minimum atomic E-state index is -0.0573. The average Bonchev–Trinajstić information content (AvgIpc) is 2.86. The molecule has 0 atom stereocenters. The van der Waals surface area contributed by atoms with E-state index in [2.05, 4.69) is 14.5 Å². The predicted molar refractivity (Wildman–Crippen MR) is 101 cm³/mol. The molecule has 0 saturated heterocycles. The number of likely N-dealkylation sites (N-methyl/N-ethyl adjacent to an activating group) is 1. The fraction of sp³-hybridized carbons (Fsp3) is 0.211. The van der Waals surface area contributed by atoms with E-state index in [9.17, 15) is 4.79 Å². The Balaban J connectivity index is 2.18. The minimum absolute atomic E-state index is 0.0573. The highest BCUT2D eigenvalue weighted by Gasteiger charge is 2.15. The van der Waals surface area contributed by atoms with Crippen LogP contribution in [0.2, 0.25) is 5.02 Å². The number of rotatable bonds is 3. The summed E-state index contributed by atoms with van der Waals surface area (Å²) in [7, 11) is 4.09. The zero-order valence-corrected chi connectivity index (χ0v) is 14.4. The molecule has 4 aromatic rings. The van der Waals surface area contributed by atoms with Gasteiger partial charge in [-0.2, -0.15) is 0 Å². The number of hydrogen-bond acceptors (Lipinski definition) is 2. The number of fused-ring (bicyclic) bond motifs is 5. The number of aromatic amines is 1. The quantitative estimate of drug-likeness (QED) is 0.616. The lowest BCUT2D eigenvalue weighted by Crippen LogP contribution is -2.19. The highest BCUT2D eigenvalue weighted by atomic mass is 35.5. The van der Waals surface area contributed by atoms with Crippen LogP contribution in [0.3, 0.4) is 0 Å². The number of hydrogen-bond donors (Lipinski definition) is 1. The fourth-order valence-electron chi connectivity index (χ4n) is 3.34. The maximum absolute atomic E-state index is 12.5. The topological polar surface area (TPSA) is 41.0 Å². The Bertz CT molecular complexity index is 1120. The molecule has 0 saturated carbocycles. The molecule has 0 spiro atoms. The second-order valence-electron chi connectivity index (χ2n) is 6.34. The van der Waals surface area contributed by atoms with Crippen LogP contribution in [0.4, 0.5) is 0 Å². The van der Waals surface area contributed by atoms with Crippen molar-refractivity contribution in [2.75, 3.05) is 20.6 Å². The van der Waals surface area contributed by atoms with E-state index in [1.807, 2.05) is 56.6 Å². The van der Waals surface area contributed by atoms with Crippen molar-refractivity contribution in [3.05, 3.63) is 57.8 Å². The smallest absolute Gasteiger partial charge is 0.257 e. The van der Waals surface area contributed by atoms with Crippen molar-refractivity contribution in [1.82, 2.24) is 14.5 Å². The first kappa shape index (κ1) is 15.2. The number of halogens is 1. The van der Waals surface area contributed by atoms with Gasteiger partial charge in [0.15, 0.2) is 0 Å². The van der Waals surface area contributed by atoms with Gasteiger partial charge in [-0.05, 0) is 43.7 Å². The van der Waals surface area contributed by atoms with Gasteiger partial charge in [0, 0.05) is 34.3 Å². The molecular formula is C19H18ClN3O. The van der Waals surface area contributed by atoms with Crippen molar-refractivity contribution < 1.29 is 0 Å². The number of benzene rings is 2. The Morgan fingerprint density at radius 1 is 1.08 bits per heavy atom. The number of nitrogens with zero attached hydrogens (tertiary/aromatic N) is 2. The van der Waals surface area contributed by atoms with E-state index < -0.39 is 0 Å². The molecule has 4 nitrogen and oxygen atoms in total. The Labute approximate surface area is 144 Å². The van der Waals surface area contributed by atoms with Crippen LogP contribution < -0.4 is 5.56 Å². The molecule has 0 bridgehead atoms. The molecule has 1 N–H and O–H groups in total. The van der Waals surface area contributed by atoms with Gasteiger partial charge >= 0.3 is 0 Å². The van der Waals surface area contributed by atoms with Gasteiger partial charge < -0.3 is 14.5 Å². The first-order valence-electron chi connectivity index (χ1n) is 7.93. The average molecular weight is 340 g/mol. The van der Waals surface area contributed by atoms with Crippen LogP contribution in [0, 0.1) is 0 Å². The summed E-state index contributed by atoms with van der Waals surface area (Å²) >= 11 is 6.25. The molecule has 2 aromatic carbocycles. The predicted octanol–water partition coefficient (Wildman–Crippen LogP) is 3.85. The maximum Gasteiger partial charge on any atom is 0.257 e. The molecule has 0 amide bonds. The van der Waals surface area contributed by atoms with E-state index in [0.717, 1.165) is 40.4 Å². The van der Waals surface area contributed by atoms with Crippen LogP contribution in [0.1, 0.15) is 0 Å². The molecule has 122 valence electrons. The van der Waals surface area contributed by atoms with Gasteiger partial charge in [-0.25, -0.2) is 0 Å². The Morgan fingerprint density at radius 3 is 2.58 bits per heavy atom. The molecule has 5 heteroatoms. The highest BCUT2D eigenvalue weighted by molar-refractivity contribution is 6.32. The second kappa shape index (κ2) is 5.65. The van der Waals surface area contributed by atoms with Crippen molar-refractivity contribution in [3.63, 3.8) is 0 Å². The third kappa shape index (κ3) is 2.30. The third-order valence-electron chi connectivity index (χ3n) is 4.47. The largest absolute Gasteiger partial charge is 0.325 e. The number of nitrogens with one attached hydrogen (secondary N) is 1. The van der Waals surface area contributed by atoms with Crippen LogP contribution in [0.15, 0.2) is 47.3 Å². The lowest BCUT2D eigenvalue weighted by atomic mass is 10.1. The standard InChI is InChI=1S/C19H18ClN3O/c1-22(2)9-10-23-16-8-7-12(20)11-15(16)17-13-5-3-4-6-14(13)19(24)21-18(17)23/h3-8,11H,9-10H2,1-2H3,(H,21,24). The van der Waals surface area contributed by atoms with E-state index in [-0.39, 0.29) is 5.56 Å². The molecule has 2 heterocycles. The number of aromatic nitrogens is 2. The summed E-state index contributed by atoms with van der Waals surface area (Å²) in [5.74, 6) is 0. The SMILES string of the molecule is CN(C)CCn1c2ccc(Cl)cc2c2c3ccccc3c(=O)[nH]c21. The Kier molecular flexibility index (Phi) is 3.59. The summed E-state index contributed by atoms with van der Waals surface area (Å²) in [6.45, 7) is 1.68. The second-order valence-corrected chi connectivity index (χ2v) is 6.78. The minimum Gasteiger partial charge on any atom is -0.325 e. The maximum atomic E-state index is 12.5. The summed E-state index contributed by atoms with van der Waals surface area (Å²) in [6.07, 6.45) is 0. The van der Waals surface area contributed by atoms with E-state index in [0.29, 0.717) is 10.4 Å². The van der Waals surface area contributed by atoms with Gasteiger partial charge in [0.05, 0.1) is 5.52 Å². The van der Waals surface area contributed by atoms with Crippen molar-refractivity contribution in [1.29, 1.82) is 0 Å². The van der Waals surface area contributed by atoms with E-state index in [4.69, 9.17) is 11.6 Å². The molecule has 2 aromatic heterocycles. The summed E-state index contributed by atoms with van der Waals surface area (Å²) in [6, 6.07) is 13.6. The van der Waals surface area contributed by atoms with Gasteiger partial charge in [0.25, 0.3) is 5.56 Å². The zero-order valence-electron chi connectivity index (χ0n) is 13.6. The first-order chi connectivity index (χ1) is 11.6. The molecule has 0 fully saturated rings. The van der Waals surface area contributed by atoms with Crippen molar-refractivity contribution >= 4 is 44.3 Å². The van der Waals surface area contributed by atoms with Crippen LogP contribution >= 0.6 is 11.6 Å². The molecule has 0 radical (unpaired) electrons. The number of pyridine rings is 1. The lowest BCUT2D eigenvalue weighted by molar-refractivity contribution is 0.389. The summed E-state index contributed by atoms with van der Waals surface area (Å²) < 4.78 is 2.18. The van der Waals surface area contributed by atoms with Gasteiger partial charge in [0.2, 0.25) is 0 Å². The van der Waals surface area contributed by atoms with Crippen molar-refractivity contribution in [2.45, 2.75) is 6.54 Å². The molecule has 0 aliphatic heterocycles. The van der Waals surface area contributed by atoms with E-state index in [1.165, 1.54) is 0 Å². The Morgan fingerprint density at radius 2 is 1.83 bits per heavy atom. The number of H-pyrrole nitrogens is 1. The summed E-state index contributed by atoms with van der Waals surface area (Å²) in [5, 5.41) is 4.50. The van der Waals surface area contributed by atoms with Gasteiger partial charge in [0.1, 0.15) is 5.65 Å². The van der Waals surface area contributed by atoms with Crippen molar-refractivity contribution in [3.8, 4) is 0 Å². The van der Waals surface area contributed by atoms with Gasteiger partial charge in [-0.3, -0.25) is 4.79 Å². The van der Waals surface area contributed by atoms with Gasteiger partial charge in [-0.1, -0.05) is 29.8 Å². The van der Waals surface area contributed by atoms with E-state index >= 15 is 0 Å². The first-order valence-corrected chi connectivity index (χ1v) is 8.31. The Hall–Kier alpha value is -2.30. The zero-order chi connectivity index (χ0) is 16.8. The van der Waals surface area contributed by atoms with E-state index in [1.54, 1.807) is 0 Å². The lowest BCUT2D eigenvalue weighted by Gasteiger charge is -2.12. The molecular weight excluding hydrogens is 322 g/mol. The molecule has 0 aliphatic rings. The normalized spacial score (nSPS) is 12.0. The monoisotopic (exact) mass is 339 g/mol. The van der Waals surface area contributed by atoms with Crippen molar-refractivity contribution in [2.24, 2.45) is 0 Å². The molecule has 24 heavy (non-hydrogen) atoms. The molecule has 4 rings (SSSR count). The summed E-state index contributed by atoms with van der Waals surface area (Å²) in [4.78, 5) is 17.7. The van der Waals surface area contributed by atoms with Crippen LogP contribution in [0.25, 0.3) is 32.7 Å². The summed E-state index contributed by atoms with van der Waals surface area (Å²) in [5.41, 5.74) is 1.89.